The van der Waals surface area contributed by atoms with Gasteiger partial charge >= 0.3 is 0 Å². The highest BCUT2D eigenvalue weighted by atomic mass is 16.5. The van der Waals surface area contributed by atoms with Gasteiger partial charge in [0.2, 0.25) is 0 Å². The predicted octanol–water partition coefficient (Wildman–Crippen LogP) is 5.01. The van der Waals surface area contributed by atoms with E-state index < -0.39 is 0 Å². The molecule has 3 fully saturated rings. The maximum atomic E-state index is 13.3. The molecule has 1 aromatic rings. The number of carbonyl (C=O) groups excluding carboxylic acids is 1. The van der Waals surface area contributed by atoms with Crippen molar-refractivity contribution in [1.82, 2.24) is 0 Å². The highest BCUT2D eigenvalue weighted by molar-refractivity contribution is 5.90. The quantitative estimate of drug-likeness (QED) is 0.780. The average molecular weight is 326 g/mol. The summed E-state index contributed by atoms with van der Waals surface area (Å²) in [5.74, 6) is 1.51. The Hall–Kier alpha value is -1.15. The number of carbonyl (C=O) groups is 1. The molecule has 5 atom stereocenters. The van der Waals surface area contributed by atoms with Crippen LogP contribution in [-0.2, 0) is 16.1 Å². The molecular weight excluding hydrogens is 296 g/mol. The van der Waals surface area contributed by atoms with Gasteiger partial charge < -0.3 is 4.74 Å². The van der Waals surface area contributed by atoms with Gasteiger partial charge in [-0.05, 0) is 47.5 Å². The normalized spacial score (nSPS) is 43.0. The van der Waals surface area contributed by atoms with Gasteiger partial charge in [-0.2, -0.15) is 0 Å². The molecule has 0 heterocycles. The minimum absolute atomic E-state index is 0.0418. The van der Waals surface area contributed by atoms with E-state index in [0.717, 1.165) is 12.8 Å². The highest BCUT2D eigenvalue weighted by Crippen LogP contribution is 2.75. The summed E-state index contributed by atoms with van der Waals surface area (Å²) in [6.45, 7) is 9.89. The Labute approximate surface area is 146 Å². The Morgan fingerprint density at radius 1 is 1.17 bits per heavy atom. The molecule has 0 unspecified atom stereocenters. The van der Waals surface area contributed by atoms with Crippen LogP contribution in [0.2, 0.25) is 0 Å². The fraction of sp³-hybridized carbons (Fsp3) is 0.682. The zero-order chi connectivity index (χ0) is 17.2. The third kappa shape index (κ3) is 1.95. The van der Waals surface area contributed by atoms with Crippen LogP contribution in [0, 0.1) is 28.1 Å². The van der Waals surface area contributed by atoms with E-state index in [-0.39, 0.29) is 22.3 Å². The molecule has 0 radical (unpaired) electrons. The highest BCUT2D eigenvalue weighted by Gasteiger charge is 2.76. The molecule has 2 heteroatoms. The number of hydrogen-bond donors (Lipinski definition) is 0. The number of hydrogen-bond acceptors (Lipinski definition) is 2. The molecule has 0 amide bonds. The summed E-state index contributed by atoms with van der Waals surface area (Å²) in [6.07, 6.45) is 4.28. The van der Waals surface area contributed by atoms with Crippen molar-refractivity contribution in [3.63, 3.8) is 0 Å². The molecule has 0 bridgehead atoms. The van der Waals surface area contributed by atoms with Gasteiger partial charge in [-0.3, -0.25) is 4.79 Å². The third-order valence-corrected chi connectivity index (χ3v) is 7.47. The molecule has 1 spiro atoms. The summed E-state index contributed by atoms with van der Waals surface area (Å²) in [4.78, 5) is 13.3. The lowest BCUT2D eigenvalue weighted by Gasteiger charge is -2.42. The lowest BCUT2D eigenvalue weighted by molar-refractivity contribution is -0.149. The van der Waals surface area contributed by atoms with E-state index in [9.17, 15) is 4.79 Å². The maximum Gasteiger partial charge on any atom is 0.142 e. The number of ketones is 1. The Kier molecular flexibility index (Phi) is 3.52. The van der Waals surface area contributed by atoms with Gasteiger partial charge in [0.1, 0.15) is 5.78 Å². The number of ether oxygens (including phenoxy) is 1. The molecule has 1 aromatic carbocycles. The molecule has 0 saturated heterocycles. The number of benzene rings is 1. The predicted molar refractivity (Wildman–Crippen MR) is 95.5 cm³/mol. The second-order valence-electron chi connectivity index (χ2n) is 9.52. The fourth-order valence-electron chi connectivity index (χ4n) is 6.95. The standard InChI is InChI=1S/C22H30O2/c1-15-12-18(23)22-17(15)10-11-21(22,4)14-20(2,3)19(22)24-13-16-8-6-5-7-9-16/h5-9,15,17,19H,10-14H2,1-4H3/t15-,17+,19-,21+,22+/m1/s1. The molecule has 0 N–H and O–H groups in total. The van der Waals surface area contributed by atoms with Crippen molar-refractivity contribution < 1.29 is 9.53 Å². The molecule has 3 aliphatic carbocycles. The molecule has 0 aliphatic heterocycles. The van der Waals surface area contributed by atoms with Crippen LogP contribution in [0.3, 0.4) is 0 Å². The monoisotopic (exact) mass is 326 g/mol. The van der Waals surface area contributed by atoms with E-state index in [4.69, 9.17) is 4.74 Å². The van der Waals surface area contributed by atoms with Crippen molar-refractivity contribution in [1.29, 1.82) is 0 Å². The smallest absolute Gasteiger partial charge is 0.142 e. The molecule has 130 valence electrons. The Bertz CT molecular complexity index is 649. The van der Waals surface area contributed by atoms with Gasteiger partial charge in [0.05, 0.1) is 18.1 Å². The third-order valence-electron chi connectivity index (χ3n) is 7.47. The zero-order valence-corrected chi connectivity index (χ0v) is 15.5. The second kappa shape index (κ2) is 5.17. The van der Waals surface area contributed by atoms with E-state index in [0.29, 0.717) is 24.2 Å². The first-order valence-electron chi connectivity index (χ1n) is 9.50. The lowest BCUT2D eigenvalue weighted by Crippen LogP contribution is -2.49. The van der Waals surface area contributed by atoms with Crippen molar-refractivity contribution in [3.8, 4) is 0 Å². The van der Waals surface area contributed by atoms with E-state index in [1.807, 2.05) is 6.07 Å². The van der Waals surface area contributed by atoms with Crippen LogP contribution in [0.15, 0.2) is 30.3 Å². The molecule has 4 rings (SSSR count). The summed E-state index contributed by atoms with van der Waals surface area (Å²) < 4.78 is 6.59. The van der Waals surface area contributed by atoms with Gasteiger partial charge in [0.25, 0.3) is 0 Å². The average Bonchev–Trinajstić information content (AvgIpc) is 3.00. The summed E-state index contributed by atoms with van der Waals surface area (Å²) in [5, 5.41) is 0. The zero-order valence-electron chi connectivity index (χ0n) is 15.5. The fourth-order valence-corrected chi connectivity index (χ4v) is 6.95. The van der Waals surface area contributed by atoms with E-state index in [2.05, 4.69) is 52.0 Å². The van der Waals surface area contributed by atoms with Crippen molar-refractivity contribution >= 4 is 5.78 Å². The van der Waals surface area contributed by atoms with Crippen LogP contribution >= 0.6 is 0 Å². The Balaban J connectivity index is 1.72. The molecular formula is C22H30O2. The molecule has 24 heavy (non-hydrogen) atoms. The van der Waals surface area contributed by atoms with Crippen LogP contribution in [0.25, 0.3) is 0 Å². The van der Waals surface area contributed by atoms with Crippen LogP contribution in [0.1, 0.15) is 58.9 Å². The van der Waals surface area contributed by atoms with Crippen LogP contribution in [0.5, 0.6) is 0 Å². The maximum absolute atomic E-state index is 13.3. The number of rotatable bonds is 3. The van der Waals surface area contributed by atoms with Crippen LogP contribution < -0.4 is 0 Å². The lowest BCUT2D eigenvalue weighted by atomic mass is 9.64. The molecule has 3 saturated carbocycles. The van der Waals surface area contributed by atoms with Crippen molar-refractivity contribution in [3.05, 3.63) is 35.9 Å². The second-order valence-corrected chi connectivity index (χ2v) is 9.52. The van der Waals surface area contributed by atoms with Crippen LogP contribution in [-0.4, -0.2) is 11.9 Å². The van der Waals surface area contributed by atoms with Crippen molar-refractivity contribution in [2.75, 3.05) is 0 Å². The van der Waals surface area contributed by atoms with Gasteiger partial charge in [-0.25, -0.2) is 0 Å². The first-order valence-corrected chi connectivity index (χ1v) is 9.50. The molecule has 0 aromatic heterocycles. The van der Waals surface area contributed by atoms with E-state index in [1.54, 1.807) is 0 Å². The van der Waals surface area contributed by atoms with Gasteiger partial charge in [-0.15, -0.1) is 0 Å². The van der Waals surface area contributed by atoms with Crippen molar-refractivity contribution in [2.45, 2.75) is 66.1 Å². The minimum Gasteiger partial charge on any atom is -0.372 e. The summed E-state index contributed by atoms with van der Waals surface area (Å²) >= 11 is 0. The molecule has 3 aliphatic rings. The number of Topliss-reactive ketones (excluding diaryl/α,β-unsaturated/α-hetero) is 1. The Morgan fingerprint density at radius 2 is 1.88 bits per heavy atom. The largest absolute Gasteiger partial charge is 0.372 e. The topological polar surface area (TPSA) is 26.3 Å². The molecule has 2 nitrogen and oxygen atoms in total. The summed E-state index contributed by atoms with van der Waals surface area (Å²) in [6, 6.07) is 10.4. The first-order chi connectivity index (χ1) is 11.3. The first kappa shape index (κ1) is 16.3. The summed E-state index contributed by atoms with van der Waals surface area (Å²) in [7, 11) is 0. The van der Waals surface area contributed by atoms with Crippen molar-refractivity contribution in [2.24, 2.45) is 28.1 Å². The van der Waals surface area contributed by atoms with E-state index in [1.165, 1.54) is 18.4 Å². The van der Waals surface area contributed by atoms with E-state index >= 15 is 0 Å². The van der Waals surface area contributed by atoms with Crippen LogP contribution in [0.4, 0.5) is 0 Å². The Morgan fingerprint density at radius 3 is 2.58 bits per heavy atom. The summed E-state index contributed by atoms with van der Waals surface area (Å²) in [5.41, 5.74) is 1.13. The van der Waals surface area contributed by atoms with Gasteiger partial charge in [0.15, 0.2) is 0 Å². The SMILES string of the molecule is C[C@@H]1CC(=O)[C@@]23[C@H](OCc4ccccc4)C(C)(C)C[C@]2(C)CC[C@@H]13. The minimum atomic E-state index is -0.245. The van der Waals surface area contributed by atoms with Gasteiger partial charge in [-0.1, -0.05) is 58.0 Å². The van der Waals surface area contributed by atoms with Gasteiger partial charge in [0, 0.05) is 6.42 Å².